The van der Waals surface area contributed by atoms with Crippen molar-refractivity contribution in [3.05, 3.63) is 71.5 Å². The van der Waals surface area contributed by atoms with Crippen molar-refractivity contribution in [3.8, 4) is 0 Å². The van der Waals surface area contributed by atoms with Crippen molar-refractivity contribution in [1.82, 2.24) is 5.32 Å². The summed E-state index contributed by atoms with van der Waals surface area (Å²) in [6.45, 7) is 2.48. The molecule has 0 spiro atoms. The van der Waals surface area contributed by atoms with E-state index >= 15 is 0 Å². The van der Waals surface area contributed by atoms with Crippen LogP contribution in [0.4, 0.5) is 4.39 Å². The molecule has 0 aromatic heterocycles. The van der Waals surface area contributed by atoms with Crippen LogP contribution in [-0.4, -0.2) is 11.7 Å². The van der Waals surface area contributed by atoms with E-state index in [1.165, 1.54) is 17.7 Å². The van der Waals surface area contributed by atoms with Crippen LogP contribution in [0, 0.1) is 5.82 Å². The summed E-state index contributed by atoms with van der Waals surface area (Å²) in [5.41, 5.74) is 1.89. The van der Waals surface area contributed by atoms with E-state index in [9.17, 15) is 9.50 Å². The summed E-state index contributed by atoms with van der Waals surface area (Å²) in [5.74, 6) is -0.290. The molecule has 2 nitrogen and oxygen atoms in total. The fourth-order valence-electron chi connectivity index (χ4n) is 1.95. The topological polar surface area (TPSA) is 32.3 Å². The summed E-state index contributed by atoms with van der Waals surface area (Å²) in [6.07, 6.45) is -0.633. The molecule has 0 heterocycles. The number of aliphatic hydroxyl groups excluding tert-OH is 1. The standard InChI is InChI=1S/C16H18FNO/c1-12(13-5-3-2-4-6-13)18-11-16(19)14-7-9-15(17)10-8-14/h2-10,12,16,18-19H,11H2,1H3. The second-order valence-electron chi connectivity index (χ2n) is 4.61. The van der Waals surface area contributed by atoms with E-state index < -0.39 is 6.10 Å². The van der Waals surface area contributed by atoms with Crippen molar-refractivity contribution in [3.63, 3.8) is 0 Å². The van der Waals surface area contributed by atoms with Gasteiger partial charge in [0.15, 0.2) is 0 Å². The lowest BCUT2D eigenvalue weighted by atomic mass is 10.1. The molecule has 19 heavy (non-hydrogen) atoms. The first-order valence-electron chi connectivity index (χ1n) is 6.38. The summed E-state index contributed by atoms with van der Waals surface area (Å²) >= 11 is 0. The second-order valence-corrected chi connectivity index (χ2v) is 4.61. The molecule has 0 aliphatic heterocycles. The molecule has 0 saturated carbocycles. The zero-order valence-corrected chi connectivity index (χ0v) is 10.9. The number of halogens is 1. The van der Waals surface area contributed by atoms with Gasteiger partial charge in [0.2, 0.25) is 0 Å². The molecular weight excluding hydrogens is 241 g/mol. The lowest BCUT2D eigenvalue weighted by Gasteiger charge is -2.17. The van der Waals surface area contributed by atoms with Crippen LogP contribution >= 0.6 is 0 Å². The molecule has 0 fully saturated rings. The van der Waals surface area contributed by atoms with Crippen molar-refractivity contribution >= 4 is 0 Å². The molecule has 0 bridgehead atoms. The lowest BCUT2D eigenvalue weighted by Crippen LogP contribution is -2.24. The maximum atomic E-state index is 12.8. The molecule has 0 saturated heterocycles. The predicted molar refractivity (Wildman–Crippen MR) is 74.2 cm³/mol. The number of nitrogens with one attached hydrogen (secondary N) is 1. The highest BCUT2D eigenvalue weighted by Gasteiger charge is 2.10. The zero-order valence-electron chi connectivity index (χ0n) is 10.9. The highest BCUT2D eigenvalue weighted by Crippen LogP contribution is 2.15. The Morgan fingerprint density at radius 3 is 2.26 bits per heavy atom. The number of aliphatic hydroxyl groups is 1. The highest BCUT2D eigenvalue weighted by atomic mass is 19.1. The molecule has 2 aromatic rings. The number of hydrogen-bond donors (Lipinski definition) is 2. The van der Waals surface area contributed by atoms with Crippen molar-refractivity contribution in [2.75, 3.05) is 6.54 Å². The first-order valence-corrected chi connectivity index (χ1v) is 6.38. The molecule has 2 atom stereocenters. The largest absolute Gasteiger partial charge is 0.387 e. The van der Waals surface area contributed by atoms with Crippen molar-refractivity contribution in [2.24, 2.45) is 0 Å². The maximum absolute atomic E-state index is 12.8. The average molecular weight is 259 g/mol. The Kier molecular flexibility index (Phi) is 4.66. The van der Waals surface area contributed by atoms with Crippen molar-refractivity contribution in [2.45, 2.75) is 19.1 Å². The van der Waals surface area contributed by atoms with Gasteiger partial charge in [-0.2, -0.15) is 0 Å². The van der Waals surface area contributed by atoms with Gasteiger partial charge < -0.3 is 10.4 Å². The molecule has 0 amide bonds. The molecule has 2 rings (SSSR count). The van der Waals surface area contributed by atoms with E-state index in [1.807, 2.05) is 37.3 Å². The van der Waals surface area contributed by atoms with Gasteiger partial charge in [-0.25, -0.2) is 4.39 Å². The van der Waals surface area contributed by atoms with E-state index in [0.717, 1.165) is 0 Å². The van der Waals surface area contributed by atoms with Crippen molar-refractivity contribution < 1.29 is 9.50 Å². The van der Waals surface area contributed by atoms with Crippen LogP contribution in [0.1, 0.15) is 30.2 Å². The van der Waals surface area contributed by atoms with Crippen LogP contribution in [0.3, 0.4) is 0 Å². The Labute approximate surface area is 112 Å². The van der Waals surface area contributed by atoms with Gasteiger partial charge in [-0.1, -0.05) is 42.5 Å². The normalized spacial score (nSPS) is 14.1. The van der Waals surface area contributed by atoms with Crippen molar-refractivity contribution in [1.29, 1.82) is 0 Å². The molecule has 3 heteroatoms. The van der Waals surface area contributed by atoms with E-state index in [1.54, 1.807) is 12.1 Å². The van der Waals surface area contributed by atoms with Gasteiger partial charge in [-0.05, 0) is 30.2 Å². The van der Waals surface area contributed by atoms with Gasteiger partial charge in [-0.15, -0.1) is 0 Å². The van der Waals surface area contributed by atoms with Gasteiger partial charge in [0.05, 0.1) is 6.10 Å². The second kappa shape index (κ2) is 6.45. The quantitative estimate of drug-likeness (QED) is 0.864. The van der Waals surface area contributed by atoms with Gasteiger partial charge in [0, 0.05) is 12.6 Å². The maximum Gasteiger partial charge on any atom is 0.123 e. The minimum absolute atomic E-state index is 0.163. The highest BCUT2D eigenvalue weighted by molar-refractivity contribution is 5.20. The minimum atomic E-state index is -0.633. The molecular formula is C16H18FNO. The summed E-state index contributed by atoms with van der Waals surface area (Å²) in [5, 5.41) is 13.3. The van der Waals surface area contributed by atoms with Crippen LogP contribution in [0.15, 0.2) is 54.6 Å². The third-order valence-electron chi connectivity index (χ3n) is 3.17. The first kappa shape index (κ1) is 13.7. The van der Waals surface area contributed by atoms with Gasteiger partial charge >= 0.3 is 0 Å². The Hall–Kier alpha value is -1.71. The molecule has 2 unspecified atom stereocenters. The van der Waals surface area contributed by atoms with E-state index in [2.05, 4.69) is 5.32 Å². The van der Waals surface area contributed by atoms with Crippen LogP contribution in [-0.2, 0) is 0 Å². The third kappa shape index (κ3) is 3.88. The van der Waals surface area contributed by atoms with Crippen LogP contribution in [0.2, 0.25) is 0 Å². The summed E-state index contributed by atoms with van der Waals surface area (Å²) in [6, 6.07) is 16.1. The van der Waals surface area contributed by atoms with Crippen LogP contribution in [0.5, 0.6) is 0 Å². The summed E-state index contributed by atoms with van der Waals surface area (Å²) < 4.78 is 12.8. The van der Waals surface area contributed by atoms with Gasteiger partial charge in [-0.3, -0.25) is 0 Å². The smallest absolute Gasteiger partial charge is 0.123 e. The molecule has 0 radical (unpaired) electrons. The summed E-state index contributed by atoms with van der Waals surface area (Å²) in [4.78, 5) is 0. The molecule has 2 aromatic carbocycles. The SMILES string of the molecule is CC(NCC(O)c1ccc(F)cc1)c1ccccc1. The fourth-order valence-corrected chi connectivity index (χ4v) is 1.95. The van der Waals surface area contributed by atoms with Crippen LogP contribution < -0.4 is 5.32 Å². The molecule has 0 aliphatic rings. The van der Waals surface area contributed by atoms with E-state index in [4.69, 9.17) is 0 Å². The van der Waals surface area contributed by atoms with Gasteiger partial charge in [0.1, 0.15) is 5.82 Å². The lowest BCUT2D eigenvalue weighted by molar-refractivity contribution is 0.170. The monoisotopic (exact) mass is 259 g/mol. The molecule has 100 valence electrons. The molecule has 0 aliphatic carbocycles. The fraction of sp³-hybridized carbons (Fsp3) is 0.250. The van der Waals surface area contributed by atoms with E-state index in [0.29, 0.717) is 12.1 Å². The molecule has 2 N–H and O–H groups in total. The zero-order chi connectivity index (χ0) is 13.7. The first-order chi connectivity index (χ1) is 9.16. The summed E-state index contributed by atoms with van der Waals surface area (Å²) in [7, 11) is 0. The van der Waals surface area contributed by atoms with E-state index in [-0.39, 0.29) is 11.9 Å². The van der Waals surface area contributed by atoms with Gasteiger partial charge in [0.25, 0.3) is 0 Å². The van der Waals surface area contributed by atoms with Crippen LogP contribution in [0.25, 0.3) is 0 Å². The third-order valence-corrected chi connectivity index (χ3v) is 3.17. The number of benzene rings is 2. The Balaban J connectivity index is 1.90. The Bertz CT molecular complexity index is 498. The number of rotatable bonds is 5. The average Bonchev–Trinajstić information content (AvgIpc) is 2.46. The Morgan fingerprint density at radius 1 is 1.00 bits per heavy atom. The Morgan fingerprint density at radius 2 is 1.63 bits per heavy atom. The predicted octanol–water partition coefficient (Wildman–Crippen LogP) is 3.21. The number of hydrogen-bond acceptors (Lipinski definition) is 2. The minimum Gasteiger partial charge on any atom is -0.387 e.